The molecule has 0 amide bonds. The Labute approximate surface area is 287 Å². The van der Waals surface area contributed by atoms with Crippen LogP contribution in [-0.4, -0.2) is 54.0 Å². The Kier molecular flexibility index (Phi) is 12.7. The van der Waals surface area contributed by atoms with E-state index in [4.69, 9.17) is 17.3 Å². The van der Waals surface area contributed by atoms with Crippen molar-refractivity contribution in [3.8, 4) is 11.6 Å². The van der Waals surface area contributed by atoms with Crippen molar-refractivity contribution in [1.29, 1.82) is 0 Å². The Bertz CT molecular complexity index is 1610. The zero-order valence-electron chi connectivity index (χ0n) is 28.0. The fourth-order valence-electron chi connectivity index (χ4n) is 5.87. The first-order valence-corrected chi connectivity index (χ1v) is 16.7. The molecule has 2 aliphatic carbocycles. The van der Waals surface area contributed by atoms with Crippen LogP contribution in [0.1, 0.15) is 73.9 Å². The Morgan fingerprint density at radius 1 is 0.673 bits per heavy atom. The van der Waals surface area contributed by atoms with Crippen LogP contribution in [0.15, 0.2) is 48.8 Å². The van der Waals surface area contributed by atoms with Crippen molar-refractivity contribution >= 4 is 17.4 Å². The molecule has 4 aromatic rings. The van der Waals surface area contributed by atoms with E-state index in [1.165, 1.54) is 0 Å². The molecule has 3 N–H and O–H groups in total. The van der Waals surface area contributed by atoms with E-state index in [1.807, 2.05) is 76.5 Å². The lowest BCUT2D eigenvalue weighted by atomic mass is 9.85. The fourth-order valence-corrected chi connectivity index (χ4v) is 6.13. The fraction of sp³-hybridized carbons (Fsp3) is 0.529. The summed E-state index contributed by atoms with van der Waals surface area (Å²) in [5.74, 6) is -0.114. The quantitative estimate of drug-likeness (QED) is 0.162. The number of nitrogens with two attached hydrogens (primary N) is 1. The largest absolute Gasteiger partial charge is 0.391 e. The van der Waals surface area contributed by atoms with Crippen LogP contribution in [0.4, 0.5) is 32.2 Å². The highest BCUT2D eigenvalue weighted by Gasteiger charge is 2.42. The lowest BCUT2D eigenvalue weighted by Gasteiger charge is -2.30. The van der Waals surface area contributed by atoms with E-state index in [1.54, 1.807) is 9.36 Å². The lowest BCUT2D eigenvalue weighted by Crippen LogP contribution is -2.33. The molecule has 268 valence electrons. The zero-order valence-corrected chi connectivity index (χ0v) is 28.7. The Morgan fingerprint density at radius 2 is 1.12 bits per heavy atom. The third kappa shape index (κ3) is 11.7. The number of nitrogens with one attached hydrogen (secondary N) is 1. The van der Waals surface area contributed by atoms with Crippen LogP contribution < -0.4 is 11.1 Å². The molecule has 2 fully saturated rings. The van der Waals surface area contributed by atoms with Crippen LogP contribution in [-0.2, 0) is 0 Å². The number of nitrogens with zero attached hydrogens (tertiary/aromatic N) is 6. The third-order valence-corrected chi connectivity index (χ3v) is 8.77. The number of rotatable bonds is 4. The molecule has 49 heavy (non-hydrogen) atoms. The molecule has 0 unspecified atom stereocenters. The second-order valence-corrected chi connectivity index (χ2v) is 13.3. The van der Waals surface area contributed by atoms with Crippen LogP contribution in [0.25, 0.3) is 11.6 Å². The van der Waals surface area contributed by atoms with Crippen molar-refractivity contribution in [1.82, 2.24) is 29.5 Å². The van der Waals surface area contributed by atoms with E-state index >= 15 is 0 Å². The first-order valence-electron chi connectivity index (χ1n) is 16.3. The molecule has 2 saturated carbocycles. The first kappa shape index (κ1) is 38.2. The topological polar surface area (TPSA) is 99.5 Å². The summed E-state index contributed by atoms with van der Waals surface area (Å²) in [4.78, 5) is 8.73. The molecule has 0 aliphatic heterocycles. The summed E-state index contributed by atoms with van der Waals surface area (Å²) in [7, 11) is 0. The first-order chi connectivity index (χ1) is 23.0. The number of aromatic nitrogens is 6. The van der Waals surface area contributed by atoms with Gasteiger partial charge >= 0.3 is 12.4 Å². The molecule has 0 spiro atoms. The van der Waals surface area contributed by atoms with E-state index in [2.05, 4.69) is 25.5 Å². The number of hydrogen-bond acceptors (Lipinski definition) is 6. The predicted octanol–water partition coefficient (Wildman–Crippen LogP) is 9.02. The summed E-state index contributed by atoms with van der Waals surface area (Å²) in [6.07, 6.45) is -1.52. The van der Waals surface area contributed by atoms with Crippen molar-refractivity contribution in [2.45, 2.75) is 103 Å². The molecular weight excluding hydrogens is 670 g/mol. The van der Waals surface area contributed by atoms with Gasteiger partial charge in [0.05, 0.1) is 23.2 Å². The minimum atomic E-state index is -4.07. The summed E-state index contributed by atoms with van der Waals surface area (Å²) in [6, 6.07) is 11.5. The predicted molar refractivity (Wildman–Crippen MR) is 178 cm³/mol. The summed E-state index contributed by atoms with van der Waals surface area (Å²) < 4.78 is 77.7. The minimum Gasteiger partial charge on any atom is -0.367 e. The molecule has 0 saturated heterocycles. The summed E-state index contributed by atoms with van der Waals surface area (Å²) in [5, 5.41) is 12.4. The molecule has 0 radical (unpaired) electrons. The average molecular weight is 713 g/mol. The van der Waals surface area contributed by atoms with E-state index in [-0.39, 0.29) is 37.8 Å². The minimum absolute atomic E-state index is 0.00593. The summed E-state index contributed by atoms with van der Waals surface area (Å²) in [5.41, 5.74) is 9.44. The van der Waals surface area contributed by atoms with Crippen LogP contribution >= 0.6 is 11.6 Å². The second-order valence-electron chi connectivity index (χ2n) is 12.9. The van der Waals surface area contributed by atoms with Gasteiger partial charge in [-0.2, -0.15) is 36.5 Å². The van der Waals surface area contributed by atoms with Crippen molar-refractivity contribution < 1.29 is 26.3 Å². The molecule has 6 rings (SSSR count). The van der Waals surface area contributed by atoms with Gasteiger partial charge in [-0.25, -0.2) is 19.3 Å². The maximum atomic E-state index is 12.7. The number of alkyl halides is 6. The van der Waals surface area contributed by atoms with Gasteiger partial charge in [-0.15, -0.1) is 0 Å². The maximum Gasteiger partial charge on any atom is 0.391 e. The number of anilines is 1. The smallest absolute Gasteiger partial charge is 0.367 e. The van der Waals surface area contributed by atoms with Crippen LogP contribution in [0, 0.1) is 39.5 Å². The lowest BCUT2D eigenvalue weighted by molar-refractivity contribution is -0.182. The maximum absolute atomic E-state index is 12.7. The van der Waals surface area contributed by atoms with E-state index in [0.29, 0.717) is 42.5 Å². The molecule has 0 aromatic carbocycles. The highest BCUT2D eigenvalue weighted by atomic mass is 35.5. The van der Waals surface area contributed by atoms with Gasteiger partial charge in [0.15, 0.2) is 11.6 Å². The molecule has 0 atom stereocenters. The van der Waals surface area contributed by atoms with E-state index in [9.17, 15) is 26.3 Å². The van der Waals surface area contributed by atoms with Crippen molar-refractivity contribution in [2.24, 2.45) is 17.6 Å². The summed E-state index contributed by atoms with van der Waals surface area (Å²) >= 11 is 5.85. The van der Waals surface area contributed by atoms with Gasteiger partial charge in [-0.1, -0.05) is 11.6 Å². The average Bonchev–Trinajstić information content (AvgIpc) is 3.65. The third-order valence-electron chi connectivity index (χ3n) is 8.57. The van der Waals surface area contributed by atoms with Crippen molar-refractivity contribution in [3.63, 3.8) is 0 Å². The molecule has 15 heteroatoms. The van der Waals surface area contributed by atoms with Gasteiger partial charge in [0.25, 0.3) is 0 Å². The van der Waals surface area contributed by atoms with Crippen molar-refractivity contribution in [2.75, 3.05) is 5.32 Å². The highest BCUT2D eigenvalue weighted by molar-refractivity contribution is 6.29. The van der Waals surface area contributed by atoms with Crippen LogP contribution in [0.2, 0.25) is 5.15 Å². The Balaban J connectivity index is 0.000000183. The number of aryl methyl sites for hydroxylation is 4. The van der Waals surface area contributed by atoms with E-state index < -0.39 is 24.2 Å². The van der Waals surface area contributed by atoms with Gasteiger partial charge in [-0.3, -0.25) is 0 Å². The molecule has 4 heterocycles. The van der Waals surface area contributed by atoms with E-state index in [0.717, 1.165) is 28.3 Å². The number of halogens is 7. The SMILES string of the molecule is Cc1cc(Cl)nc(-n2ccc(C)n2)c1.Cc1cc(NC2CCC(C(F)(F)F)CC2)nc(-n2ccc(C)n2)c1.NC1CCC(C(F)(F)F)CC1. The van der Waals surface area contributed by atoms with Crippen molar-refractivity contribution in [3.05, 3.63) is 76.5 Å². The van der Waals surface area contributed by atoms with Crippen LogP contribution in [0.3, 0.4) is 0 Å². The summed E-state index contributed by atoms with van der Waals surface area (Å²) in [6.45, 7) is 7.79. The normalized spacial score (nSPS) is 21.2. The van der Waals surface area contributed by atoms with Gasteiger partial charge in [0, 0.05) is 24.5 Å². The monoisotopic (exact) mass is 712 g/mol. The molecule has 2 aliphatic rings. The number of hydrogen-bond donors (Lipinski definition) is 2. The Morgan fingerprint density at radius 3 is 1.55 bits per heavy atom. The van der Waals surface area contributed by atoms with Gasteiger partial charge < -0.3 is 11.1 Å². The van der Waals surface area contributed by atoms with Gasteiger partial charge in [-0.05, 0) is 127 Å². The Hall–Kier alpha value is -3.65. The highest BCUT2D eigenvalue weighted by Crippen LogP contribution is 2.38. The second kappa shape index (κ2) is 16.4. The standard InChI is InChI=1S/C17H21F3N4.C10H10ClN3.C7H12F3N/c1-11-9-15(22-16(10-11)24-8-7-12(2)23-24)21-14-5-3-13(4-6-14)17(18,19)20;1-7-5-9(11)12-10(6-7)14-4-3-8(2)13-14;8-7(9,10)5-1-3-6(11)4-2-5/h7-10,13-14H,3-6H2,1-2H3,(H,21,22);3-6H,1-2H3;5-6H,1-4,11H2. The van der Waals surface area contributed by atoms with Crippen LogP contribution in [0.5, 0.6) is 0 Å². The number of pyridine rings is 2. The molecule has 4 aromatic heterocycles. The van der Waals surface area contributed by atoms with Gasteiger partial charge in [0.2, 0.25) is 0 Å². The zero-order chi connectivity index (χ0) is 35.9. The molecule has 8 nitrogen and oxygen atoms in total. The molecule has 0 bridgehead atoms. The van der Waals surface area contributed by atoms with Gasteiger partial charge in [0.1, 0.15) is 11.0 Å². The molecular formula is C34H43ClF6N8.